The number of fused-ring (bicyclic) bond motifs is 1. The van der Waals surface area contributed by atoms with E-state index in [1.165, 1.54) is 25.9 Å². The molecule has 0 saturated carbocycles. The second kappa shape index (κ2) is 5.30. The summed E-state index contributed by atoms with van der Waals surface area (Å²) >= 11 is 5.63. The molecule has 0 radical (unpaired) electrons. The SMILES string of the molecule is CN(C)CCCc1sc2ccccc2c1Br. The zero-order valence-electron chi connectivity index (χ0n) is 9.66. The molecule has 0 aliphatic rings. The van der Waals surface area contributed by atoms with Crippen molar-refractivity contribution >= 4 is 37.4 Å². The maximum atomic E-state index is 3.72. The van der Waals surface area contributed by atoms with Gasteiger partial charge in [0.25, 0.3) is 0 Å². The minimum absolute atomic E-state index is 1.15. The van der Waals surface area contributed by atoms with Crippen LogP contribution in [0.25, 0.3) is 10.1 Å². The molecule has 0 fully saturated rings. The van der Waals surface area contributed by atoms with Gasteiger partial charge in [0, 0.05) is 19.4 Å². The molecular formula is C13H16BrNS. The average molecular weight is 298 g/mol. The summed E-state index contributed by atoms with van der Waals surface area (Å²) in [6.07, 6.45) is 2.39. The first-order chi connectivity index (χ1) is 7.68. The summed E-state index contributed by atoms with van der Waals surface area (Å²) in [4.78, 5) is 3.71. The van der Waals surface area contributed by atoms with Crippen molar-refractivity contribution in [2.75, 3.05) is 20.6 Å². The highest BCUT2D eigenvalue weighted by atomic mass is 79.9. The number of aryl methyl sites for hydroxylation is 1. The summed E-state index contributed by atoms with van der Waals surface area (Å²) in [5.41, 5.74) is 0. The van der Waals surface area contributed by atoms with Crippen LogP contribution in [0.2, 0.25) is 0 Å². The minimum atomic E-state index is 1.15. The Bertz CT molecular complexity index is 476. The van der Waals surface area contributed by atoms with E-state index in [2.05, 4.69) is 59.2 Å². The van der Waals surface area contributed by atoms with Crippen LogP contribution in [-0.4, -0.2) is 25.5 Å². The van der Waals surface area contributed by atoms with E-state index >= 15 is 0 Å². The Morgan fingerprint density at radius 1 is 1.25 bits per heavy atom. The molecule has 0 saturated heterocycles. The largest absolute Gasteiger partial charge is 0.309 e. The first-order valence-corrected chi connectivity index (χ1v) is 7.10. The van der Waals surface area contributed by atoms with Crippen LogP contribution < -0.4 is 0 Å². The van der Waals surface area contributed by atoms with E-state index in [1.807, 2.05) is 11.3 Å². The normalized spacial score (nSPS) is 11.5. The Balaban J connectivity index is 2.15. The Morgan fingerprint density at radius 3 is 2.69 bits per heavy atom. The Labute approximate surface area is 109 Å². The van der Waals surface area contributed by atoms with E-state index in [0.717, 1.165) is 13.0 Å². The molecule has 0 amide bonds. The van der Waals surface area contributed by atoms with Crippen molar-refractivity contribution in [3.63, 3.8) is 0 Å². The molecular weight excluding hydrogens is 282 g/mol. The van der Waals surface area contributed by atoms with Crippen molar-refractivity contribution in [2.24, 2.45) is 0 Å². The van der Waals surface area contributed by atoms with E-state index < -0.39 is 0 Å². The van der Waals surface area contributed by atoms with Crippen molar-refractivity contribution < 1.29 is 0 Å². The Hall–Kier alpha value is -0.380. The number of halogens is 1. The molecule has 1 aromatic carbocycles. The fraction of sp³-hybridized carbons (Fsp3) is 0.385. The predicted molar refractivity (Wildman–Crippen MR) is 76.4 cm³/mol. The Kier molecular flexibility index (Phi) is 4.00. The molecule has 86 valence electrons. The maximum absolute atomic E-state index is 3.72. The van der Waals surface area contributed by atoms with Crippen LogP contribution >= 0.6 is 27.3 Å². The number of hydrogen-bond donors (Lipinski definition) is 0. The number of hydrogen-bond acceptors (Lipinski definition) is 2. The van der Waals surface area contributed by atoms with Crippen LogP contribution in [0, 0.1) is 0 Å². The molecule has 2 rings (SSSR count). The van der Waals surface area contributed by atoms with E-state index in [9.17, 15) is 0 Å². The molecule has 1 aromatic heterocycles. The van der Waals surface area contributed by atoms with Gasteiger partial charge in [-0.1, -0.05) is 18.2 Å². The fourth-order valence-electron chi connectivity index (χ4n) is 1.78. The number of rotatable bonds is 4. The van der Waals surface area contributed by atoms with Crippen LogP contribution in [0.5, 0.6) is 0 Å². The second-order valence-electron chi connectivity index (χ2n) is 4.24. The lowest BCUT2D eigenvalue weighted by Gasteiger charge is -2.07. The van der Waals surface area contributed by atoms with Gasteiger partial charge in [0.1, 0.15) is 0 Å². The fourth-order valence-corrected chi connectivity index (χ4v) is 3.84. The summed E-state index contributed by atoms with van der Waals surface area (Å²) in [5.74, 6) is 0. The summed E-state index contributed by atoms with van der Waals surface area (Å²) < 4.78 is 2.68. The molecule has 1 nitrogen and oxygen atoms in total. The van der Waals surface area contributed by atoms with Crippen molar-refractivity contribution in [1.29, 1.82) is 0 Å². The topological polar surface area (TPSA) is 3.24 Å². The van der Waals surface area contributed by atoms with Crippen molar-refractivity contribution in [3.8, 4) is 0 Å². The molecule has 0 unspecified atom stereocenters. The summed E-state index contributed by atoms with van der Waals surface area (Å²) in [6.45, 7) is 1.15. The van der Waals surface area contributed by atoms with E-state index in [-0.39, 0.29) is 0 Å². The average Bonchev–Trinajstić information content (AvgIpc) is 2.56. The predicted octanol–water partition coefficient (Wildman–Crippen LogP) is 4.16. The summed E-state index contributed by atoms with van der Waals surface area (Å²) in [7, 11) is 4.25. The molecule has 0 N–H and O–H groups in total. The molecule has 0 aliphatic carbocycles. The minimum Gasteiger partial charge on any atom is -0.309 e. The second-order valence-corrected chi connectivity index (χ2v) is 6.17. The smallest absolute Gasteiger partial charge is 0.0393 e. The maximum Gasteiger partial charge on any atom is 0.0393 e. The number of thiophene rings is 1. The lowest BCUT2D eigenvalue weighted by atomic mass is 10.2. The highest BCUT2D eigenvalue weighted by molar-refractivity contribution is 9.10. The zero-order chi connectivity index (χ0) is 11.5. The lowest BCUT2D eigenvalue weighted by Crippen LogP contribution is -2.13. The first kappa shape index (κ1) is 12.1. The number of benzene rings is 1. The van der Waals surface area contributed by atoms with Crippen molar-refractivity contribution in [2.45, 2.75) is 12.8 Å². The van der Waals surface area contributed by atoms with Gasteiger partial charge in [-0.15, -0.1) is 11.3 Å². The van der Waals surface area contributed by atoms with E-state index in [4.69, 9.17) is 0 Å². The number of nitrogens with zero attached hydrogens (tertiary/aromatic N) is 1. The van der Waals surface area contributed by atoms with Gasteiger partial charge in [-0.05, 0) is 55.5 Å². The molecule has 2 aromatic rings. The molecule has 1 heterocycles. The molecule has 0 aliphatic heterocycles. The van der Waals surface area contributed by atoms with Crippen LogP contribution in [0.15, 0.2) is 28.7 Å². The molecule has 0 atom stereocenters. The van der Waals surface area contributed by atoms with Gasteiger partial charge < -0.3 is 4.90 Å². The van der Waals surface area contributed by atoms with Crippen molar-refractivity contribution in [3.05, 3.63) is 33.6 Å². The van der Waals surface area contributed by atoms with Gasteiger partial charge in [-0.3, -0.25) is 0 Å². The lowest BCUT2D eigenvalue weighted by molar-refractivity contribution is 0.401. The molecule has 0 spiro atoms. The summed E-state index contributed by atoms with van der Waals surface area (Å²) in [5, 5.41) is 1.35. The quantitative estimate of drug-likeness (QED) is 0.819. The van der Waals surface area contributed by atoms with Gasteiger partial charge in [-0.25, -0.2) is 0 Å². The standard InChI is InChI=1S/C13H16BrNS/c1-15(2)9-5-8-12-13(14)10-6-3-4-7-11(10)16-12/h3-4,6-7H,5,8-9H2,1-2H3. The van der Waals surface area contributed by atoms with Crippen molar-refractivity contribution in [1.82, 2.24) is 4.90 Å². The first-order valence-electron chi connectivity index (χ1n) is 5.49. The highest BCUT2D eigenvalue weighted by Gasteiger charge is 2.08. The molecule has 16 heavy (non-hydrogen) atoms. The van der Waals surface area contributed by atoms with Gasteiger partial charge >= 0.3 is 0 Å². The van der Waals surface area contributed by atoms with Crippen LogP contribution in [-0.2, 0) is 6.42 Å². The van der Waals surface area contributed by atoms with Gasteiger partial charge in [0.2, 0.25) is 0 Å². The van der Waals surface area contributed by atoms with Crippen LogP contribution in [0.3, 0.4) is 0 Å². The molecule has 3 heteroatoms. The third-order valence-electron chi connectivity index (χ3n) is 2.61. The molecule has 0 bridgehead atoms. The Morgan fingerprint density at radius 2 is 2.00 bits per heavy atom. The van der Waals surface area contributed by atoms with Gasteiger partial charge in [0.15, 0.2) is 0 Å². The van der Waals surface area contributed by atoms with E-state index in [0.29, 0.717) is 0 Å². The van der Waals surface area contributed by atoms with E-state index in [1.54, 1.807) is 0 Å². The zero-order valence-corrected chi connectivity index (χ0v) is 12.1. The third-order valence-corrected chi connectivity index (χ3v) is 5.01. The third kappa shape index (κ3) is 2.65. The van der Waals surface area contributed by atoms with Gasteiger partial charge in [-0.2, -0.15) is 0 Å². The monoisotopic (exact) mass is 297 g/mol. The van der Waals surface area contributed by atoms with Gasteiger partial charge in [0.05, 0.1) is 0 Å². The highest BCUT2D eigenvalue weighted by Crippen LogP contribution is 2.35. The van der Waals surface area contributed by atoms with Crippen LogP contribution in [0.1, 0.15) is 11.3 Å². The van der Waals surface area contributed by atoms with Crippen LogP contribution in [0.4, 0.5) is 0 Å². The summed E-state index contributed by atoms with van der Waals surface area (Å²) in [6, 6.07) is 8.59.